The van der Waals surface area contributed by atoms with Gasteiger partial charge < -0.3 is 19.2 Å². The first-order chi connectivity index (χ1) is 14.5. The van der Waals surface area contributed by atoms with Gasteiger partial charge >= 0.3 is 0 Å². The zero-order chi connectivity index (χ0) is 21.0. The fourth-order valence-electron chi connectivity index (χ4n) is 6.26. The minimum Gasteiger partial charge on any atom is -0.465 e. The Kier molecular flexibility index (Phi) is 5.03. The van der Waals surface area contributed by atoms with Crippen LogP contribution in [0.5, 0.6) is 0 Å². The van der Waals surface area contributed by atoms with Crippen LogP contribution in [-0.4, -0.2) is 77.6 Å². The summed E-state index contributed by atoms with van der Waals surface area (Å²) in [5.74, 6) is 1.40. The summed E-state index contributed by atoms with van der Waals surface area (Å²) in [7, 11) is 0. The highest BCUT2D eigenvalue weighted by Gasteiger charge is 2.62. The second-order valence-corrected chi connectivity index (χ2v) is 9.56. The first kappa shape index (κ1) is 20.2. The van der Waals surface area contributed by atoms with Gasteiger partial charge in [-0.25, -0.2) is 0 Å². The molecule has 1 aromatic rings. The number of hydrogen-bond acceptors (Lipinski definition) is 6. The normalized spacial score (nSPS) is 33.1. The van der Waals surface area contributed by atoms with Crippen molar-refractivity contribution < 1.29 is 23.8 Å². The number of furan rings is 1. The molecule has 0 aromatic carbocycles. The lowest BCUT2D eigenvalue weighted by Gasteiger charge is -2.40. The van der Waals surface area contributed by atoms with Crippen molar-refractivity contribution in [1.82, 2.24) is 9.80 Å². The van der Waals surface area contributed by atoms with Gasteiger partial charge in [-0.05, 0) is 26.3 Å². The van der Waals surface area contributed by atoms with Gasteiger partial charge in [0.15, 0.2) is 5.78 Å². The summed E-state index contributed by atoms with van der Waals surface area (Å²) in [5.41, 5.74) is 0.540. The van der Waals surface area contributed by atoms with Crippen LogP contribution >= 0.6 is 0 Å². The van der Waals surface area contributed by atoms with E-state index in [1.165, 1.54) is 0 Å². The van der Waals surface area contributed by atoms with Crippen molar-refractivity contribution in [2.75, 3.05) is 39.3 Å². The molecule has 3 fully saturated rings. The number of nitrogens with zero attached hydrogens (tertiary/aromatic N) is 2. The number of aliphatic hydroxyl groups excluding tert-OH is 1. The molecule has 4 heterocycles. The van der Waals surface area contributed by atoms with E-state index in [1.807, 2.05) is 4.90 Å². The highest BCUT2D eigenvalue weighted by atomic mass is 16.5. The molecule has 4 atom stereocenters. The number of carbonyl (C=O) groups is 2. The number of hydrogen-bond donors (Lipinski definition) is 1. The van der Waals surface area contributed by atoms with Gasteiger partial charge in [0.25, 0.3) is 5.91 Å². The maximum atomic E-state index is 13.6. The van der Waals surface area contributed by atoms with Crippen molar-refractivity contribution >= 4 is 11.7 Å². The summed E-state index contributed by atoms with van der Waals surface area (Å²) in [6.07, 6.45) is 4.10. The van der Waals surface area contributed by atoms with Crippen molar-refractivity contribution in [1.29, 1.82) is 0 Å². The molecule has 1 aliphatic carbocycles. The second-order valence-electron chi connectivity index (χ2n) is 9.56. The zero-order valence-electron chi connectivity index (χ0n) is 18.0. The average molecular weight is 417 g/mol. The van der Waals surface area contributed by atoms with E-state index in [4.69, 9.17) is 9.15 Å². The van der Waals surface area contributed by atoms with Crippen LogP contribution in [-0.2, 0) is 11.2 Å². The fraction of sp³-hybridized carbons (Fsp3) is 0.739. The molecule has 2 bridgehead atoms. The Balaban J connectivity index is 1.43. The molecule has 3 saturated heterocycles. The number of amides is 1. The molecule has 5 rings (SSSR count). The SMILES string of the molecule is CCCCN1C[C@@H]2[C@H](CO)[C@H]3CN(C(=O)c4c(C)oc5c4C(=O)CCC5)C[C@]2(C1)O3. The van der Waals surface area contributed by atoms with Crippen LogP contribution in [0.15, 0.2) is 4.42 Å². The lowest BCUT2D eigenvalue weighted by Crippen LogP contribution is -2.56. The number of ether oxygens (including phenoxy) is 1. The quantitative estimate of drug-likeness (QED) is 0.791. The third-order valence-electron chi connectivity index (χ3n) is 7.64. The molecule has 0 unspecified atom stereocenters. The van der Waals surface area contributed by atoms with Crippen LogP contribution < -0.4 is 0 Å². The number of ketones is 1. The lowest BCUT2D eigenvalue weighted by molar-refractivity contribution is -0.107. The molecule has 7 nitrogen and oxygen atoms in total. The van der Waals surface area contributed by atoms with E-state index >= 15 is 0 Å². The second kappa shape index (κ2) is 7.46. The maximum Gasteiger partial charge on any atom is 0.258 e. The standard InChI is InChI=1S/C23H32N2O5/c1-3-4-8-24-9-16-15(11-26)19-10-25(13-23(16,12-24)30-19)22(28)20-14(2)29-18-7-5-6-17(27)21(18)20/h15-16,19,26H,3-13H2,1-2H3/t15-,16+,19+,23-/m0/s1. The first-order valence-electron chi connectivity index (χ1n) is 11.4. The van der Waals surface area contributed by atoms with Crippen molar-refractivity contribution in [3.63, 3.8) is 0 Å². The molecule has 164 valence electrons. The van der Waals surface area contributed by atoms with Crippen LogP contribution in [0.1, 0.15) is 64.8 Å². The molecule has 3 aliphatic heterocycles. The predicted molar refractivity (Wildman–Crippen MR) is 110 cm³/mol. The summed E-state index contributed by atoms with van der Waals surface area (Å²) >= 11 is 0. The molecule has 0 saturated carbocycles. The number of rotatable bonds is 5. The maximum absolute atomic E-state index is 13.6. The van der Waals surface area contributed by atoms with Gasteiger partial charge in [-0.1, -0.05) is 13.3 Å². The number of likely N-dealkylation sites (tertiary alicyclic amines) is 2. The van der Waals surface area contributed by atoms with E-state index in [2.05, 4.69) is 11.8 Å². The Morgan fingerprint density at radius 3 is 2.87 bits per heavy atom. The number of Topliss-reactive ketones (excluding diaryl/α,β-unsaturated/α-hetero) is 1. The number of morpholine rings is 1. The number of aliphatic hydroxyl groups is 1. The number of unbranched alkanes of at least 4 members (excludes halogenated alkanes) is 1. The van der Waals surface area contributed by atoms with E-state index < -0.39 is 5.60 Å². The monoisotopic (exact) mass is 416 g/mol. The average Bonchev–Trinajstić information content (AvgIpc) is 3.30. The third kappa shape index (κ3) is 2.97. The van der Waals surface area contributed by atoms with E-state index in [0.717, 1.165) is 38.9 Å². The zero-order valence-corrected chi connectivity index (χ0v) is 18.0. The van der Waals surface area contributed by atoms with Gasteiger partial charge in [-0.3, -0.25) is 14.5 Å². The summed E-state index contributed by atoms with van der Waals surface area (Å²) in [6.45, 7) is 7.78. The third-order valence-corrected chi connectivity index (χ3v) is 7.64. The Labute approximate surface area is 177 Å². The molecule has 1 amide bonds. The molecule has 1 spiro atoms. The van der Waals surface area contributed by atoms with Gasteiger partial charge in [0.2, 0.25) is 0 Å². The van der Waals surface area contributed by atoms with Gasteiger partial charge in [-0.2, -0.15) is 0 Å². The van der Waals surface area contributed by atoms with E-state index in [0.29, 0.717) is 48.6 Å². The van der Waals surface area contributed by atoms with Crippen LogP contribution in [0.2, 0.25) is 0 Å². The minimum absolute atomic E-state index is 0.0172. The first-order valence-corrected chi connectivity index (χ1v) is 11.4. The van der Waals surface area contributed by atoms with Gasteiger partial charge in [0.05, 0.1) is 23.8 Å². The molecule has 7 heteroatoms. The van der Waals surface area contributed by atoms with Crippen LogP contribution in [0, 0.1) is 18.8 Å². The summed E-state index contributed by atoms with van der Waals surface area (Å²) in [4.78, 5) is 30.5. The largest absolute Gasteiger partial charge is 0.465 e. The summed E-state index contributed by atoms with van der Waals surface area (Å²) in [6, 6.07) is 0. The molecule has 1 N–H and O–H groups in total. The van der Waals surface area contributed by atoms with Gasteiger partial charge in [-0.15, -0.1) is 0 Å². The Bertz CT molecular complexity index is 864. The van der Waals surface area contributed by atoms with Crippen molar-refractivity contribution in [3.8, 4) is 0 Å². The molecule has 1 aromatic heterocycles. The van der Waals surface area contributed by atoms with Crippen LogP contribution in [0.3, 0.4) is 0 Å². The Hall–Kier alpha value is -1.70. The van der Waals surface area contributed by atoms with Crippen LogP contribution in [0.25, 0.3) is 0 Å². The predicted octanol–water partition coefficient (Wildman–Crippen LogP) is 2.04. The summed E-state index contributed by atoms with van der Waals surface area (Å²) < 4.78 is 12.3. The minimum atomic E-state index is -0.415. The highest BCUT2D eigenvalue weighted by Crippen LogP contribution is 2.49. The van der Waals surface area contributed by atoms with Crippen molar-refractivity contribution in [2.45, 2.75) is 57.7 Å². The molecule has 30 heavy (non-hydrogen) atoms. The van der Waals surface area contributed by atoms with E-state index in [-0.39, 0.29) is 36.2 Å². The number of aryl methyl sites for hydroxylation is 2. The topological polar surface area (TPSA) is 83.2 Å². The Morgan fingerprint density at radius 2 is 2.10 bits per heavy atom. The number of fused-ring (bicyclic) bond motifs is 2. The van der Waals surface area contributed by atoms with E-state index in [1.54, 1.807) is 6.92 Å². The number of carbonyl (C=O) groups excluding carboxylic acids is 2. The molecular formula is C23H32N2O5. The smallest absolute Gasteiger partial charge is 0.258 e. The van der Waals surface area contributed by atoms with Crippen molar-refractivity contribution in [2.24, 2.45) is 11.8 Å². The Morgan fingerprint density at radius 1 is 1.27 bits per heavy atom. The molecule has 4 aliphatic rings. The highest BCUT2D eigenvalue weighted by molar-refractivity contribution is 6.10. The van der Waals surface area contributed by atoms with Gasteiger partial charge in [0.1, 0.15) is 17.1 Å². The van der Waals surface area contributed by atoms with Crippen LogP contribution in [0.4, 0.5) is 0 Å². The van der Waals surface area contributed by atoms with E-state index in [9.17, 15) is 14.7 Å². The fourth-order valence-corrected chi connectivity index (χ4v) is 6.26. The van der Waals surface area contributed by atoms with Gasteiger partial charge in [0, 0.05) is 50.9 Å². The molecule has 0 radical (unpaired) electrons. The lowest BCUT2D eigenvalue weighted by atomic mass is 9.83. The summed E-state index contributed by atoms with van der Waals surface area (Å²) in [5, 5.41) is 10.1. The molecular weight excluding hydrogens is 384 g/mol. The van der Waals surface area contributed by atoms with Crippen molar-refractivity contribution in [3.05, 3.63) is 22.6 Å².